The number of nitrogens with one attached hydrogen (secondary N) is 1. The van der Waals surface area contributed by atoms with Gasteiger partial charge >= 0.3 is 0 Å². The molecule has 4 nitrogen and oxygen atoms in total. The predicted molar refractivity (Wildman–Crippen MR) is 64.8 cm³/mol. The Morgan fingerprint density at radius 3 is 2.75 bits per heavy atom. The fraction of sp³-hybridized carbons (Fsp3) is 1.00. The zero-order valence-electron chi connectivity index (χ0n) is 9.98. The minimum atomic E-state index is -2.95. The van der Waals surface area contributed by atoms with E-state index in [0.29, 0.717) is 24.4 Å². The number of hydrogen-bond acceptors (Lipinski definition) is 3. The van der Waals surface area contributed by atoms with Crippen LogP contribution in [-0.4, -0.2) is 43.6 Å². The smallest absolute Gasteiger partial charge is 0.214 e. The summed E-state index contributed by atoms with van der Waals surface area (Å²) in [6.07, 6.45) is 5.38. The first-order valence-corrected chi connectivity index (χ1v) is 7.93. The second kappa shape index (κ2) is 5.02. The van der Waals surface area contributed by atoms with Crippen molar-refractivity contribution < 1.29 is 8.42 Å². The second-order valence-electron chi connectivity index (χ2n) is 5.08. The van der Waals surface area contributed by atoms with Gasteiger partial charge in [-0.1, -0.05) is 6.42 Å². The quantitative estimate of drug-likeness (QED) is 0.789. The van der Waals surface area contributed by atoms with Crippen molar-refractivity contribution in [3.8, 4) is 0 Å². The molecule has 2 rings (SSSR count). The van der Waals surface area contributed by atoms with Gasteiger partial charge in [0.2, 0.25) is 10.0 Å². The maximum atomic E-state index is 11.8. The summed E-state index contributed by atoms with van der Waals surface area (Å²) in [7, 11) is -2.95. The van der Waals surface area contributed by atoms with Crippen molar-refractivity contribution in [2.75, 3.05) is 18.8 Å². The fourth-order valence-corrected chi connectivity index (χ4v) is 4.32. The molecule has 0 amide bonds. The number of hydrogen-bond donors (Lipinski definition) is 1. The standard InChI is InChI=1S/C11H22N2O2S/c1-10-5-4-6-11(12-10)9-13-7-2-3-8-16(13,14)15/h10-12H,2-9H2,1H3. The molecule has 2 heterocycles. The molecule has 0 radical (unpaired) electrons. The van der Waals surface area contributed by atoms with Crippen LogP contribution in [0.5, 0.6) is 0 Å². The molecule has 0 aromatic carbocycles. The molecule has 2 atom stereocenters. The molecule has 94 valence electrons. The summed E-state index contributed by atoms with van der Waals surface area (Å²) in [4.78, 5) is 0. The van der Waals surface area contributed by atoms with Gasteiger partial charge < -0.3 is 5.32 Å². The minimum absolute atomic E-state index is 0.343. The summed E-state index contributed by atoms with van der Waals surface area (Å²) in [5.74, 6) is 0.343. The van der Waals surface area contributed by atoms with E-state index >= 15 is 0 Å². The topological polar surface area (TPSA) is 49.4 Å². The number of rotatable bonds is 2. The van der Waals surface area contributed by atoms with Crippen LogP contribution in [0, 0.1) is 0 Å². The van der Waals surface area contributed by atoms with Crippen molar-refractivity contribution in [1.82, 2.24) is 9.62 Å². The molecule has 0 aromatic rings. The normalized spacial score (nSPS) is 36.1. The number of nitrogens with zero attached hydrogens (tertiary/aromatic N) is 1. The van der Waals surface area contributed by atoms with E-state index in [-0.39, 0.29) is 0 Å². The zero-order chi connectivity index (χ0) is 11.6. The highest BCUT2D eigenvalue weighted by Gasteiger charge is 2.29. The van der Waals surface area contributed by atoms with Gasteiger partial charge in [-0.3, -0.25) is 0 Å². The molecule has 5 heteroatoms. The molecule has 2 fully saturated rings. The highest BCUT2D eigenvalue weighted by molar-refractivity contribution is 7.89. The molecule has 0 aliphatic carbocycles. The van der Waals surface area contributed by atoms with Gasteiger partial charge in [0.1, 0.15) is 0 Å². The van der Waals surface area contributed by atoms with Crippen LogP contribution in [0.2, 0.25) is 0 Å². The third kappa shape index (κ3) is 2.96. The Balaban J connectivity index is 1.92. The Hall–Kier alpha value is -0.130. The van der Waals surface area contributed by atoms with E-state index < -0.39 is 10.0 Å². The number of sulfonamides is 1. The van der Waals surface area contributed by atoms with E-state index in [1.54, 1.807) is 4.31 Å². The largest absolute Gasteiger partial charge is 0.310 e. The Bertz CT molecular complexity index is 329. The summed E-state index contributed by atoms with van der Waals surface area (Å²) < 4.78 is 25.4. The molecule has 1 N–H and O–H groups in total. The van der Waals surface area contributed by atoms with Crippen molar-refractivity contribution in [3.63, 3.8) is 0 Å². The van der Waals surface area contributed by atoms with Crippen molar-refractivity contribution in [3.05, 3.63) is 0 Å². The average Bonchev–Trinajstić information content (AvgIpc) is 2.21. The molecule has 2 aliphatic heterocycles. The Labute approximate surface area is 98.4 Å². The Morgan fingerprint density at radius 1 is 1.25 bits per heavy atom. The van der Waals surface area contributed by atoms with Crippen molar-refractivity contribution >= 4 is 10.0 Å². The van der Waals surface area contributed by atoms with Gasteiger partial charge in [0.25, 0.3) is 0 Å². The van der Waals surface area contributed by atoms with Gasteiger partial charge in [-0.15, -0.1) is 0 Å². The predicted octanol–water partition coefficient (Wildman–Crippen LogP) is 0.943. The molecule has 2 saturated heterocycles. The lowest BCUT2D eigenvalue weighted by Gasteiger charge is -2.34. The van der Waals surface area contributed by atoms with Gasteiger partial charge in [-0.25, -0.2) is 12.7 Å². The number of piperidine rings is 1. The van der Waals surface area contributed by atoms with Crippen LogP contribution in [0.25, 0.3) is 0 Å². The summed E-state index contributed by atoms with van der Waals surface area (Å²) in [5.41, 5.74) is 0. The van der Waals surface area contributed by atoms with Crippen molar-refractivity contribution in [2.45, 2.75) is 51.1 Å². The molecule has 16 heavy (non-hydrogen) atoms. The van der Waals surface area contributed by atoms with E-state index in [9.17, 15) is 8.42 Å². The van der Waals surface area contributed by atoms with Crippen LogP contribution in [-0.2, 0) is 10.0 Å². The van der Waals surface area contributed by atoms with Crippen molar-refractivity contribution in [2.24, 2.45) is 0 Å². The van der Waals surface area contributed by atoms with E-state index in [1.165, 1.54) is 12.8 Å². The summed E-state index contributed by atoms with van der Waals surface area (Å²) in [6.45, 7) is 3.57. The highest BCUT2D eigenvalue weighted by atomic mass is 32.2. The lowest BCUT2D eigenvalue weighted by molar-refractivity contribution is 0.272. The summed E-state index contributed by atoms with van der Waals surface area (Å²) in [6, 6.07) is 0.892. The zero-order valence-corrected chi connectivity index (χ0v) is 10.8. The molecule has 0 spiro atoms. The van der Waals surface area contributed by atoms with Gasteiger partial charge in [-0.05, 0) is 32.6 Å². The Morgan fingerprint density at radius 2 is 2.06 bits per heavy atom. The van der Waals surface area contributed by atoms with Gasteiger partial charge in [0, 0.05) is 25.2 Å². The molecule has 2 aliphatic rings. The van der Waals surface area contributed by atoms with E-state index in [2.05, 4.69) is 12.2 Å². The first kappa shape index (κ1) is 12.3. The van der Waals surface area contributed by atoms with E-state index in [0.717, 1.165) is 25.8 Å². The van der Waals surface area contributed by atoms with Crippen LogP contribution in [0.15, 0.2) is 0 Å². The lowest BCUT2D eigenvalue weighted by Crippen LogP contribution is -2.50. The van der Waals surface area contributed by atoms with E-state index in [1.807, 2.05) is 0 Å². The maximum Gasteiger partial charge on any atom is 0.214 e. The lowest BCUT2D eigenvalue weighted by atomic mass is 9.99. The van der Waals surface area contributed by atoms with Gasteiger partial charge in [-0.2, -0.15) is 0 Å². The molecular weight excluding hydrogens is 224 g/mol. The van der Waals surface area contributed by atoms with Crippen LogP contribution < -0.4 is 5.32 Å². The molecule has 2 unspecified atom stereocenters. The highest BCUT2D eigenvalue weighted by Crippen LogP contribution is 2.18. The Kier molecular flexibility index (Phi) is 3.87. The summed E-state index contributed by atoms with van der Waals surface area (Å²) in [5, 5.41) is 3.50. The van der Waals surface area contributed by atoms with Crippen LogP contribution in [0.1, 0.15) is 39.0 Å². The SMILES string of the molecule is CC1CCCC(CN2CCCCS2(=O)=O)N1. The fourth-order valence-electron chi connectivity index (χ4n) is 2.67. The van der Waals surface area contributed by atoms with Crippen LogP contribution >= 0.6 is 0 Å². The van der Waals surface area contributed by atoms with Crippen LogP contribution in [0.3, 0.4) is 0 Å². The molecule has 0 saturated carbocycles. The van der Waals surface area contributed by atoms with E-state index in [4.69, 9.17) is 0 Å². The molecule has 0 aromatic heterocycles. The first-order valence-electron chi connectivity index (χ1n) is 6.32. The third-order valence-corrected chi connectivity index (χ3v) is 5.51. The minimum Gasteiger partial charge on any atom is -0.310 e. The van der Waals surface area contributed by atoms with Gasteiger partial charge in [0.05, 0.1) is 5.75 Å². The monoisotopic (exact) mass is 246 g/mol. The van der Waals surface area contributed by atoms with Gasteiger partial charge in [0.15, 0.2) is 0 Å². The molecule has 0 bridgehead atoms. The van der Waals surface area contributed by atoms with Crippen LogP contribution in [0.4, 0.5) is 0 Å². The third-order valence-electron chi connectivity index (χ3n) is 3.59. The average molecular weight is 246 g/mol. The second-order valence-corrected chi connectivity index (χ2v) is 7.17. The molecular formula is C11H22N2O2S. The summed E-state index contributed by atoms with van der Waals surface area (Å²) >= 11 is 0. The maximum absolute atomic E-state index is 11.8. The first-order chi connectivity index (χ1) is 7.58. The van der Waals surface area contributed by atoms with Crippen molar-refractivity contribution in [1.29, 1.82) is 0 Å².